The minimum absolute atomic E-state index is 0.489. The highest BCUT2D eigenvalue weighted by atomic mass is 79.9. The second-order valence-corrected chi connectivity index (χ2v) is 7.06. The van der Waals surface area contributed by atoms with Crippen LogP contribution in [0.5, 0.6) is 5.75 Å². The van der Waals surface area contributed by atoms with E-state index >= 15 is 0 Å². The van der Waals surface area contributed by atoms with Gasteiger partial charge in [0.15, 0.2) is 0 Å². The molecule has 2 aromatic rings. The molecule has 0 fully saturated rings. The lowest BCUT2D eigenvalue weighted by Crippen LogP contribution is -2.10. The molecule has 1 atom stereocenters. The first-order valence-corrected chi connectivity index (χ1v) is 8.83. The molecule has 0 saturated heterocycles. The molecule has 110 valence electrons. The molecule has 21 heavy (non-hydrogen) atoms. The van der Waals surface area contributed by atoms with Crippen molar-refractivity contribution in [3.05, 3.63) is 58.1 Å². The van der Waals surface area contributed by atoms with E-state index in [0.717, 1.165) is 29.1 Å². The van der Waals surface area contributed by atoms with E-state index in [1.54, 1.807) is 0 Å². The number of halogens is 1. The van der Waals surface area contributed by atoms with Gasteiger partial charge in [0.25, 0.3) is 0 Å². The first-order chi connectivity index (χ1) is 10.3. The second-order valence-electron chi connectivity index (χ2n) is 5.14. The topological polar surface area (TPSA) is 21.3 Å². The van der Waals surface area contributed by atoms with Crippen molar-refractivity contribution < 1.29 is 4.74 Å². The van der Waals surface area contributed by atoms with Gasteiger partial charge in [0.05, 0.1) is 6.61 Å². The summed E-state index contributed by atoms with van der Waals surface area (Å²) in [5.74, 6) is 2.54. The summed E-state index contributed by atoms with van der Waals surface area (Å²) in [5.41, 5.74) is 2.64. The van der Waals surface area contributed by atoms with Gasteiger partial charge in [-0.25, -0.2) is 0 Å². The molecule has 0 radical (unpaired) electrons. The van der Waals surface area contributed by atoms with Crippen LogP contribution in [0, 0.1) is 0 Å². The predicted molar refractivity (Wildman–Crippen MR) is 92.3 cm³/mol. The Morgan fingerprint density at radius 2 is 2.14 bits per heavy atom. The molecule has 1 N–H and O–H groups in total. The molecule has 0 aromatic heterocycles. The van der Waals surface area contributed by atoms with Crippen LogP contribution in [0.15, 0.2) is 51.8 Å². The van der Waals surface area contributed by atoms with Crippen molar-refractivity contribution in [3.63, 3.8) is 0 Å². The fourth-order valence-electron chi connectivity index (χ4n) is 2.53. The molecule has 1 aliphatic rings. The lowest BCUT2D eigenvalue weighted by Gasteiger charge is -2.14. The van der Waals surface area contributed by atoms with Crippen LogP contribution in [0.3, 0.4) is 0 Å². The number of hydrogen-bond donors (Lipinski definition) is 1. The lowest BCUT2D eigenvalue weighted by atomic mass is 10.0. The second kappa shape index (κ2) is 6.86. The highest BCUT2D eigenvalue weighted by Crippen LogP contribution is 2.39. The Bertz CT molecular complexity index is 632. The molecule has 2 nitrogen and oxygen atoms in total. The van der Waals surface area contributed by atoms with E-state index in [2.05, 4.69) is 57.6 Å². The van der Waals surface area contributed by atoms with Gasteiger partial charge in [0, 0.05) is 27.6 Å². The van der Waals surface area contributed by atoms with Gasteiger partial charge in [-0.15, -0.1) is 11.8 Å². The average Bonchev–Trinajstić information content (AvgIpc) is 2.92. The third-order valence-electron chi connectivity index (χ3n) is 3.63. The van der Waals surface area contributed by atoms with Crippen LogP contribution in [-0.4, -0.2) is 19.4 Å². The normalized spacial score (nSPS) is 16.8. The van der Waals surface area contributed by atoms with Crippen molar-refractivity contribution in [3.8, 4) is 5.75 Å². The maximum absolute atomic E-state index is 6.03. The Morgan fingerprint density at radius 1 is 1.29 bits per heavy atom. The quantitative estimate of drug-likeness (QED) is 0.848. The highest BCUT2D eigenvalue weighted by Gasteiger charge is 2.23. The number of thioether (sulfide) groups is 1. The van der Waals surface area contributed by atoms with Crippen LogP contribution in [0.2, 0.25) is 0 Å². The average molecular weight is 364 g/mol. The van der Waals surface area contributed by atoms with Crippen LogP contribution in [0.25, 0.3) is 0 Å². The lowest BCUT2D eigenvalue weighted by molar-refractivity contribution is 0.297. The molecule has 1 aliphatic heterocycles. The van der Waals surface area contributed by atoms with E-state index in [0.29, 0.717) is 5.92 Å². The van der Waals surface area contributed by atoms with Gasteiger partial charge in [0.2, 0.25) is 0 Å². The molecule has 4 heteroatoms. The zero-order valence-corrected chi connectivity index (χ0v) is 14.3. The monoisotopic (exact) mass is 363 g/mol. The van der Waals surface area contributed by atoms with Crippen molar-refractivity contribution in [2.45, 2.75) is 17.4 Å². The summed E-state index contributed by atoms with van der Waals surface area (Å²) in [7, 11) is 1.95. The molecular weight excluding hydrogens is 346 g/mol. The Hall–Kier alpha value is -0.970. The zero-order valence-electron chi connectivity index (χ0n) is 11.9. The molecule has 0 saturated carbocycles. The van der Waals surface area contributed by atoms with Crippen LogP contribution >= 0.6 is 27.7 Å². The van der Waals surface area contributed by atoms with Gasteiger partial charge in [-0.3, -0.25) is 0 Å². The van der Waals surface area contributed by atoms with Crippen molar-refractivity contribution in [1.82, 2.24) is 5.32 Å². The largest absolute Gasteiger partial charge is 0.493 e. The summed E-state index contributed by atoms with van der Waals surface area (Å²) in [5, 5.41) is 3.17. The highest BCUT2D eigenvalue weighted by molar-refractivity contribution is 9.10. The fourth-order valence-corrected chi connectivity index (χ4v) is 4.15. The SMILES string of the molecule is CNCc1cc(OCC2CSc3ccccc32)ccc1Br. The third-order valence-corrected chi connectivity index (χ3v) is 5.66. The van der Waals surface area contributed by atoms with Crippen molar-refractivity contribution in [2.24, 2.45) is 0 Å². The van der Waals surface area contributed by atoms with Crippen molar-refractivity contribution >= 4 is 27.7 Å². The summed E-state index contributed by atoms with van der Waals surface area (Å²) in [6, 6.07) is 14.8. The fraction of sp³-hybridized carbons (Fsp3) is 0.294. The van der Waals surface area contributed by atoms with Gasteiger partial charge in [-0.2, -0.15) is 0 Å². The minimum Gasteiger partial charge on any atom is -0.493 e. The van der Waals surface area contributed by atoms with Crippen molar-refractivity contribution in [2.75, 3.05) is 19.4 Å². The summed E-state index contributed by atoms with van der Waals surface area (Å²) in [4.78, 5) is 1.40. The van der Waals surface area contributed by atoms with Crippen LogP contribution in [-0.2, 0) is 6.54 Å². The zero-order chi connectivity index (χ0) is 14.7. The Kier molecular flexibility index (Phi) is 4.88. The van der Waals surface area contributed by atoms with Crippen LogP contribution < -0.4 is 10.1 Å². The Morgan fingerprint density at radius 3 is 3.00 bits per heavy atom. The maximum Gasteiger partial charge on any atom is 0.119 e. The van der Waals surface area contributed by atoms with E-state index in [9.17, 15) is 0 Å². The summed E-state index contributed by atoms with van der Waals surface area (Å²) in [6.45, 7) is 1.57. The molecule has 0 amide bonds. The van der Waals surface area contributed by atoms with Gasteiger partial charge < -0.3 is 10.1 Å². The standard InChI is InChI=1S/C17H18BrNOS/c1-19-9-12-8-14(6-7-16(12)18)20-10-13-11-21-17-5-3-2-4-15(13)17/h2-8,13,19H,9-11H2,1H3. The number of nitrogens with one attached hydrogen (secondary N) is 1. The van der Waals surface area contributed by atoms with Crippen LogP contribution in [0.4, 0.5) is 0 Å². The molecule has 1 unspecified atom stereocenters. The Balaban J connectivity index is 1.67. The molecule has 1 heterocycles. The van der Waals surface area contributed by atoms with E-state index < -0.39 is 0 Å². The van der Waals surface area contributed by atoms with E-state index in [4.69, 9.17) is 4.74 Å². The Labute approximate surface area is 138 Å². The van der Waals surface area contributed by atoms with Gasteiger partial charge in [0.1, 0.15) is 5.75 Å². The van der Waals surface area contributed by atoms with E-state index in [1.165, 1.54) is 16.0 Å². The molecule has 0 spiro atoms. The minimum atomic E-state index is 0.489. The summed E-state index contributed by atoms with van der Waals surface area (Å²) in [6.07, 6.45) is 0. The number of benzene rings is 2. The molecular formula is C17H18BrNOS. The maximum atomic E-state index is 6.03. The molecule has 0 aliphatic carbocycles. The van der Waals surface area contributed by atoms with E-state index in [1.807, 2.05) is 24.9 Å². The van der Waals surface area contributed by atoms with Crippen molar-refractivity contribution in [1.29, 1.82) is 0 Å². The van der Waals surface area contributed by atoms with E-state index in [-0.39, 0.29) is 0 Å². The number of fused-ring (bicyclic) bond motifs is 1. The molecule has 3 rings (SSSR count). The number of rotatable bonds is 5. The summed E-state index contributed by atoms with van der Waals surface area (Å²) < 4.78 is 7.14. The first kappa shape index (κ1) is 14.9. The van der Waals surface area contributed by atoms with Gasteiger partial charge in [-0.05, 0) is 42.4 Å². The summed E-state index contributed by atoms with van der Waals surface area (Å²) >= 11 is 5.50. The smallest absolute Gasteiger partial charge is 0.119 e. The van der Waals surface area contributed by atoms with Gasteiger partial charge in [-0.1, -0.05) is 34.1 Å². The number of ether oxygens (including phenoxy) is 1. The molecule has 2 aromatic carbocycles. The van der Waals surface area contributed by atoms with Gasteiger partial charge >= 0.3 is 0 Å². The predicted octanol–water partition coefficient (Wildman–Crippen LogP) is 4.44. The first-order valence-electron chi connectivity index (χ1n) is 7.05. The molecule has 0 bridgehead atoms. The number of hydrogen-bond acceptors (Lipinski definition) is 3. The third kappa shape index (κ3) is 3.44. The van der Waals surface area contributed by atoms with Crippen LogP contribution in [0.1, 0.15) is 17.0 Å².